The molecule has 1 amide bonds. The van der Waals surface area contributed by atoms with Crippen LogP contribution in [-0.2, 0) is 11.2 Å². The highest BCUT2D eigenvalue weighted by molar-refractivity contribution is 7.99. The Kier molecular flexibility index (Phi) is 3.54. The fraction of sp³-hybridized carbons (Fsp3) is 0.278. The highest BCUT2D eigenvalue weighted by Crippen LogP contribution is 2.39. The van der Waals surface area contributed by atoms with Crippen molar-refractivity contribution in [2.24, 2.45) is 0 Å². The van der Waals surface area contributed by atoms with Gasteiger partial charge in [0.15, 0.2) is 0 Å². The molecular weight excluding hydrogens is 292 g/mol. The first-order chi connectivity index (χ1) is 10.8. The van der Waals surface area contributed by atoms with Gasteiger partial charge in [-0.15, -0.1) is 11.8 Å². The molecule has 0 bridgehead atoms. The summed E-state index contributed by atoms with van der Waals surface area (Å²) < 4.78 is 0. The van der Waals surface area contributed by atoms with Crippen LogP contribution in [0.5, 0.6) is 0 Å². The average molecular weight is 310 g/mol. The number of anilines is 2. The summed E-state index contributed by atoms with van der Waals surface area (Å²) in [6.07, 6.45) is 2.23. The largest absolute Gasteiger partial charge is 0.385 e. The Morgan fingerprint density at radius 1 is 1.23 bits per heavy atom. The van der Waals surface area contributed by atoms with Crippen molar-refractivity contribution in [2.75, 3.05) is 22.9 Å². The van der Waals surface area contributed by atoms with Crippen molar-refractivity contribution in [1.82, 2.24) is 0 Å². The van der Waals surface area contributed by atoms with Crippen molar-refractivity contribution in [1.29, 1.82) is 0 Å². The molecule has 0 saturated carbocycles. The maximum atomic E-state index is 12.6. The van der Waals surface area contributed by atoms with E-state index in [1.807, 2.05) is 18.2 Å². The number of carbonyl (C=O) groups is 1. The van der Waals surface area contributed by atoms with E-state index < -0.39 is 0 Å². The van der Waals surface area contributed by atoms with E-state index in [0.717, 1.165) is 36.4 Å². The molecule has 4 rings (SSSR count). The van der Waals surface area contributed by atoms with E-state index in [1.165, 1.54) is 16.1 Å². The van der Waals surface area contributed by atoms with Crippen LogP contribution in [0, 0.1) is 0 Å². The van der Waals surface area contributed by atoms with Crippen LogP contribution in [0.3, 0.4) is 0 Å². The Bertz CT molecular complexity index is 729. The molecular formula is C18H18N2OS. The van der Waals surface area contributed by atoms with Gasteiger partial charge in [-0.2, -0.15) is 0 Å². The molecule has 2 aliphatic heterocycles. The van der Waals surface area contributed by atoms with Gasteiger partial charge in [-0.25, -0.2) is 0 Å². The lowest BCUT2D eigenvalue weighted by atomic mass is 9.99. The van der Waals surface area contributed by atoms with Gasteiger partial charge < -0.3 is 10.6 Å². The van der Waals surface area contributed by atoms with E-state index in [9.17, 15) is 4.79 Å². The summed E-state index contributed by atoms with van der Waals surface area (Å²) in [6.45, 7) is 1.04. The Hall–Kier alpha value is -1.94. The summed E-state index contributed by atoms with van der Waals surface area (Å²) in [7, 11) is 0. The fourth-order valence-electron chi connectivity index (χ4n) is 3.16. The molecule has 2 aromatic carbocycles. The molecule has 1 atom stereocenters. The summed E-state index contributed by atoms with van der Waals surface area (Å²) in [4.78, 5) is 13.8. The molecule has 2 aliphatic rings. The lowest BCUT2D eigenvalue weighted by Gasteiger charge is -2.19. The van der Waals surface area contributed by atoms with Crippen LogP contribution in [0.4, 0.5) is 11.4 Å². The van der Waals surface area contributed by atoms with Crippen LogP contribution >= 0.6 is 11.8 Å². The first-order valence-electron chi connectivity index (χ1n) is 7.71. The van der Waals surface area contributed by atoms with Gasteiger partial charge in [0.25, 0.3) is 0 Å². The predicted octanol–water partition coefficient (Wildman–Crippen LogP) is 3.87. The molecule has 1 unspecified atom stereocenters. The summed E-state index contributed by atoms with van der Waals surface area (Å²) in [6, 6.07) is 14.4. The summed E-state index contributed by atoms with van der Waals surface area (Å²) in [5, 5.41) is 6.49. The zero-order chi connectivity index (χ0) is 14.9. The molecule has 0 fully saturated rings. The first-order valence-corrected chi connectivity index (χ1v) is 8.69. The average Bonchev–Trinajstić information content (AvgIpc) is 2.99. The zero-order valence-electron chi connectivity index (χ0n) is 12.3. The molecule has 0 saturated heterocycles. The van der Waals surface area contributed by atoms with Crippen LogP contribution in [0.25, 0.3) is 0 Å². The van der Waals surface area contributed by atoms with Gasteiger partial charge in [0.1, 0.15) is 0 Å². The second kappa shape index (κ2) is 5.69. The fourth-order valence-corrected chi connectivity index (χ4v) is 4.39. The van der Waals surface area contributed by atoms with Crippen molar-refractivity contribution in [3.63, 3.8) is 0 Å². The van der Waals surface area contributed by atoms with E-state index in [2.05, 4.69) is 34.9 Å². The number of carbonyl (C=O) groups excluding carboxylic acids is 1. The SMILES string of the molecule is O=C(Nc1ccc2c(c1)CCCN2)C1CSc2ccccc21. The molecule has 0 radical (unpaired) electrons. The maximum absolute atomic E-state index is 12.6. The van der Waals surface area contributed by atoms with Crippen molar-refractivity contribution >= 4 is 29.0 Å². The number of thioether (sulfide) groups is 1. The number of rotatable bonds is 2. The maximum Gasteiger partial charge on any atom is 0.232 e. The third-order valence-electron chi connectivity index (χ3n) is 4.33. The number of fused-ring (bicyclic) bond motifs is 2. The molecule has 4 heteroatoms. The minimum Gasteiger partial charge on any atom is -0.385 e. The summed E-state index contributed by atoms with van der Waals surface area (Å²) in [5.74, 6) is 0.883. The quantitative estimate of drug-likeness (QED) is 0.884. The molecule has 112 valence electrons. The van der Waals surface area contributed by atoms with Crippen molar-refractivity contribution < 1.29 is 4.79 Å². The molecule has 0 aliphatic carbocycles. The van der Waals surface area contributed by atoms with Crippen molar-refractivity contribution in [2.45, 2.75) is 23.7 Å². The Morgan fingerprint density at radius 3 is 3.09 bits per heavy atom. The highest BCUT2D eigenvalue weighted by atomic mass is 32.2. The lowest BCUT2D eigenvalue weighted by Crippen LogP contribution is -2.21. The standard InChI is InChI=1S/C18H18N2OS/c21-18(15-11-22-17-6-2-1-5-14(15)17)20-13-7-8-16-12(10-13)4-3-9-19-16/h1-2,5-8,10,15,19H,3-4,9,11H2,(H,20,21). The monoisotopic (exact) mass is 310 g/mol. The van der Waals surface area contributed by atoms with Gasteiger partial charge in [-0.3, -0.25) is 4.79 Å². The van der Waals surface area contributed by atoms with E-state index >= 15 is 0 Å². The summed E-state index contributed by atoms with van der Waals surface area (Å²) in [5.41, 5.74) is 4.56. The highest BCUT2D eigenvalue weighted by Gasteiger charge is 2.29. The third-order valence-corrected chi connectivity index (χ3v) is 5.51. The lowest BCUT2D eigenvalue weighted by molar-refractivity contribution is -0.117. The normalized spacial score (nSPS) is 19.0. The van der Waals surface area contributed by atoms with Crippen LogP contribution in [0.15, 0.2) is 47.4 Å². The molecule has 3 nitrogen and oxygen atoms in total. The second-order valence-electron chi connectivity index (χ2n) is 5.79. The first kappa shape index (κ1) is 13.7. The summed E-state index contributed by atoms with van der Waals surface area (Å²) >= 11 is 1.77. The number of hydrogen-bond donors (Lipinski definition) is 2. The van der Waals surface area contributed by atoms with Crippen molar-refractivity contribution in [3.05, 3.63) is 53.6 Å². The molecule has 22 heavy (non-hydrogen) atoms. The molecule has 2 N–H and O–H groups in total. The molecule has 2 heterocycles. The Morgan fingerprint density at radius 2 is 2.14 bits per heavy atom. The van der Waals surface area contributed by atoms with E-state index in [0.29, 0.717) is 0 Å². The smallest absolute Gasteiger partial charge is 0.232 e. The van der Waals surface area contributed by atoms with Gasteiger partial charge >= 0.3 is 0 Å². The van der Waals surface area contributed by atoms with Crippen LogP contribution < -0.4 is 10.6 Å². The van der Waals surface area contributed by atoms with Crippen LogP contribution in [0.2, 0.25) is 0 Å². The zero-order valence-corrected chi connectivity index (χ0v) is 13.1. The Labute approximate surface area is 134 Å². The van der Waals surface area contributed by atoms with Crippen molar-refractivity contribution in [3.8, 4) is 0 Å². The van der Waals surface area contributed by atoms with Crippen LogP contribution in [-0.4, -0.2) is 18.2 Å². The van der Waals surface area contributed by atoms with Gasteiger partial charge in [0, 0.05) is 28.6 Å². The molecule has 0 spiro atoms. The van der Waals surface area contributed by atoms with E-state index in [-0.39, 0.29) is 11.8 Å². The number of nitrogens with one attached hydrogen (secondary N) is 2. The second-order valence-corrected chi connectivity index (χ2v) is 6.85. The molecule has 2 aromatic rings. The van der Waals surface area contributed by atoms with Gasteiger partial charge in [-0.05, 0) is 48.2 Å². The van der Waals surface area contributed by atoms with Gasteiger partial charge in [0.05, 0.1) is 5.92 Å². The van der Waals surface area contributed by atoms with E-state index in [1.54, 1.807) is 11.8 Å². The minimum atomic E-state index is -0.0460. The minimum absolute atomic E-state index is 0.0460. The van der Waals surface area contributed by atoms with Gasteiger partial charge in [-0.1, -0.05) is 18.2 Å². The van der Waals surface area contributed by atoms with Crippen LogP contribution in [0.1, 0.15) is 23.5 Å². The third kappa shape index (κ3) is 2.48. The number of benzene rings is 2. The van der Waals surface area contributed by atoms with E-state index in [4.69, 9.17) is 0 Å². The van der Waals surface area contributed by atoms with Gasteiger partial charge in [0.2, 0.25) is 5.91 Å². The predicted molar refractivity (Wildman–Crippen MR) is 91.8 cm³/mol. The number of aryl methyl sites for hydroxylation is 1. The molecule has 0 aromatic heterocycles. The number of hydrogen-bond acceptors (Lipinski definition) is 3. The topological polar surface area (TPSA) is 41.1 Å². The number of amides is 1. The Balaban J connectivity index is 1.53.